The molecule has 1 saturated heterocycles. The minimum atomic E-state index is -0.161. The number of nitrogen functional groups attached to an aromatic ring is 1. The molecular weight excluding hydrogens is 360 g/mol. The van der Waals surface area contributed by atoms with Crippen molar-refractivity contribution < 1.29 is 14.3 Å². The molecule has 9 heteroatoms. The van der Waals surface area contributed by atoms with Crippen molar-refractivity contribution in [2.45, 2.75) is 6.42 Å². The first kappa shape index (κ1) is 20.0. The van der Waals surface area contributed by atoms with Gasteiger partial charge in [0.15, 0.2) is 0 Å². The third kappa shape index (κ3) is 5.14. The summed E-state index contributed by atoms with van der Waals surface area (Å²) >= 11 is 0. The highest BCUT2D eigenvalue weighted by Gasteiger charge is 2.15. The summed E-state index contributed by atoms with van der Waals surface area (Å²) in [5.74, 6) is -0.322. The van der Waals surface area contributed by atoms with Gasteiger partial charge < -0.3 is 30.2 Å². The van der Waals surface area contributed by atoms with Crippen molar-refractivity contribution >= 4 is 23.2 Å². The fourth-order valence-electron chi connectivity index (χ4n) is 3.28. The van der Waals surface area contributed by atoms with Crippen molar-refractivity contribution in [2.24, 2.45) is 14.1 Å². The summed E-state index contributed by atoms with van der Waals surface area (Å²) in [5, 5.41) is 5.77. The zero-order chi connectivity index (χ0) is 20.1. The van der Waals surface area contributed by atoms with Crippen LogP contribution in [0.15, 0.2) is 24.5 Å². The Hall–Kier alpha value is -2.78. The number of rotatable bonds is 7. The van der Waals surface area contributed by atoms with Crippen molar-refractivity contribution in [3.63, 3.8) is 0 Å². The Morgan fingerprint density at radius 2 is 1.89 bits per heavy atom. The Labute approximate surface area is 164 Å². The van der Waals surface area contributed by atoms with Gasteiger partial charge in [0.2, 0.25) is 5.91 Å². The van der Waals surface area contributed by atoms with Gasteiger partial charge in [0, 0.05) is 64.0 Å². The Kier molecular flexibility index (Phi) is 6.37. The summed E-state index contributed by atoms with van der Waals surface area (Å²) < 4.78 is 8.85. The monoisotopic (exact) mass is 388 g/mol. The molecule has 0 unspecified atom stereocenters. The molecule has 0 aromatic carbocycles. The Balaban J connectivity index is 1.51. The predicted molar refractivity (Wildman–Crippen MR) is 107 cm³/mol. The second kappa shape index (κ2) is 8.94. The fraction of sp³-hybridized carbons (Fsp3) is 0.474. The van der Waals surface area contributed by atoms with E-state index in [9.17, 15) is 9.59 Å². The van der Waals surface area contributed by atoms with Gasteiger partial charge in [-0.05, 0) is 12.1 Å². The molecule has 1 aliphatic rings. The van der Waals surface area contributed by atoms with Gasteiger partial charge in [-0.15, -0.1) is 0 Å². The zero-order valence-electron chi connectivity index (χ0n) is 16.4. The first-order valence-corrected chi connectivity index (χ1v) is 9.37. The third-order valence-electron chi connectivity index (χ3n) is 4.81. The third-order valence-corrected chi connectivity index (χ3v) is 4.81. The molecule has 0 aliphatic carbocycles. The van der Waals surface area contributed by atoms with Crippen molar-refractivity contribution in [3.05, 3.63) is 35.9 Å². The highest BCUT2D eigenvalue weighted by molar-refractivity contribution is 5.97. The van der Waals surface area contributed by atoms with Crippen molar-refractivity contribution in [2.75, 3.05) is 50.4 Å². The molecule has 1 fully saturated rings. The number of hydrogen-bond donors (Lipinski definition) is 3. The second-order valence-corrected chi connectivity index (χ2v) is 7.04. The van der Waals surface area contributed by atoms with Crippen molar-refractivity contribution in [1.82, 2.24) is 19.4 Å². The van der Waals surface area contributed by atoms with Gasteiger partial charge in [-0.3, -0.25) is 14.5 Å². The maximum atomic E-state index is 12.4. The van der Waals surface area contributed by atoms with E-state index in [1.54, 1.807) is 36.1 Å². The van der Waals surface area contributed by atoms with E-state index >= 15 is 0 Å². The van der Waals surface area contributed by atoms with E-state index in [2.05, 4.69) is 15.5 Å². The predicted octanol–water partition coefficient (Wildman–Crippen LogP) is 0.189. The lowest BCUT2D eigenvalue weighted by Crippen LogP contribution is -2.41. The number of carbonyl (C=O) groups is 2. The van der Waals surface area contributed by atoms with E-state index in [-0.39, 0.29) is 18.2 Å². The summed E-state index contributed by atoms with van der Waals surface area (Å²) in [6, 6.07) is 3.46. The maximum Gasteiger partial charge on any atom is 0.268 e. The number of hydrogen-bond acceptors (Lipinski definition) is 5. The molecule has 0 atom stereocenters. The van der Waals surface area contributed by atoms with Crippen LogP contribution in [0.3, 0.4) is 0 Å². The lowest BCUT2D eigenvalue weighted by atomic mass is 10.3. The zero-order valence-corrected chi connectivity index (χ0v) is 16.4. The fourth-order valence-corrected chi connectivity index (χ4v) is 3.28. The second-order valence-electron chi connectivity index (χ2n) is 7.04. The number of nitrogens with two attached hydrogens (primary N) is 1. The maximum absolute atomic E-state index is 12.4. The lowest BCUT2D eigenvalue weighted by Gasteiger charge is -2.26. The van der Waals surface area contributed by atoms with Gasteiger partial charge in [-0.1, -0.05) is 0 Å². The van der Waals surface area contributed by atoms with E-state index in [0.29, 0.717) is 23.6 Å². The quantitative estimate of drug-likeness (QED) is 0.628. The topological polar surface area (TPSA) is 107 Å². The minimum absolute atomic E-state index is 0.161. The Morgan fingerprint density at radius 3 is 2.57 bits per heavy atom. The van der Waals surface area contributed by atoms with Crippen LogP contribution in [-0.2, 0) is 30.0 Å². The van der Waals surface area contributed by atoms with E-state index in [1.807, 2.05) is 11.6 Å². The molecule has 3 heterocycles. The van der Waals surface area contributed by atoms with Crippen LogP contribution in [0.25, 0.3) is 0 Å². The summed E-state index contributed by atoms with van der Waals surface area (Å²) in [7, 11) is 3.63. The number of aromatic nitrogens is 2. The number of anilines is 2. The first-order chi connectivity index (χ1) is 13.4. The lowest BCUT2D eigenvalue weighted by molar-refractivity contribution is -0.115. The molecule has 152 valence electrons. The normalized spacial score (nSPS) is 14.8. The largest absolute Gasteiger partial charge is 0.397 e. The van der Waals surface area contributed by atoms with Crippen molar-refractivity contribution in [1.29, 1.82) is 0 Å². The highest BCUT2D eigenvalue weighted by atomic mass is 16.5. The van der Waals surface area contributed by atoms with Gasteiger partial charge >= 0.3 is 0 Å². The molecule has 1 aliphatic heterocycles. The van der Waals surface area contributed by atoms with Crippen LogP contribution in [0, 0.1) is 0 Å². The number of nitrogens with zero attached hydrogens (tertiary/aromatic N) is 3. The van der Waals surface area contributed by atoms with E-state index in [4.69, 9.17) is 10.5 Å². The number of morpholine rings is 1. The number of aryl methyl sites for hydroxylation is 2. The number of nitrogens with one attached hydrogen (secondary N) is 2. The van der Waals surface area contributed by atoms with Gasteiger partial charge in [0.05, 0.1) is 25.3 Å². The summed E-state index contributed by atoms with van der Waals surface area (Å²) in [6.45, 7) is 4.63. The standard InChI is InChI=1S/C19H28N6O3/c1-23-12-14(20)9-16(23)11-18(26)22-15-10-17(24(2)13-15)19(27)21-3-4-25-5-7-28-8-6-25/h9-10,12-13H,3-8,11,20H2,1-2H3,(H,21,27)(H,22,26). The Bertz CT molecular complexity index is 835. The molecule has 28 heavy (non-hydrogen) atoms. The van der Waals surface area contributed by atoms with E-state index < -0.39 is 0 Å². The van der Waals surface area contributed by atoms with Gasteiger partial charge in [0.1, 0.15) is 5.69 Å². The number of amides is 2. The molecule has 0 saturated carbocycles. The van der Waals surface area contributed by atoms with Crippen LogP contribution < -0.4 is 16.4 Å². The minimum Gasteiger partial charge on any atom is -0.397 e. The molecule has 0 bridgehead atoms. The Morgan fingerprint density at radius 1 is 1.14 bits per heavy atom. The molecule has 0 radical (unpaired) electrons. The molecule has 4 N–H and O–H groups in total. The van der Waals surface area contributed by atoms with Crippen LogP contribution in [0.5, 0.6) is 0 Å². The van der Waals surface area contributed by atoms with Gasteiger partial charge in [0.25, 0.3) is 5.91 Å². The number of carbonyl (C=O) groups excluding carboxylic acids is 2. The van der Waals surface area contributed by atoms with Crippen molar-refractivity contribution in [3.8, 4) is 0 Å². The smallest absolute Gasteiger partial charge is 0.268 e. The van der Waals surface area contributed by atoms with Crippen LogP contribution in [0.2, 0.25) is 0 Å². The van der Waals surface area contributed by atoms with Crippen LogP contribution >= 0.6 is 0 Å². The van der Waals surface area contributed by atoms with Crippen LogP contribution in [-0.4, -0.2) is 65.2 Å². The average molecular weight is 388 g/mol. The SMILES string of the molecule is Cn1cc(N)cc1CC(=O)Nc1cc(C(=O)NCCN2CCOCC2)n(C)c1. The van der Waals surface area contributed by atoms with Gasteiger partial charge in [-0.25, -0.2) is 0 Å². The van der Waals surface area contributed by atoms with Crippen LogP contribution in [0.1, 0.15) is 16.2 Å². The van der Waals surface area contributed by atoms with E-state index in [1.165, 1.54) is 0 Å². The van der Waals surface area contributed by atoms with Gasteiger partial charge in [-0.2, -0.15) is 0 Å². The average Bonchev–Trinajstić information content (AvgIpc) is 3.16. The molecule has 2 aromatic rings. The molecule has 3 rings (SSSR count). The molecular formula is C19H28N6O3. The van der Waals surface area contributed by atoms with E-state index in [0.717, 1.165) is 38.5 Å². The molecule has 9 nitrogen and oxygen atoms in total. The van der Waals surface area contributed by atoms with Crippen LogP contribution in [0.4, 0.5) is 11.4 Å². The number of ether oxygens (including phenoxy) is 1. The molecule has 2 amide bonds. The summed E-state index contributed by atoms with van der Waals surface area (Å²) in [6.07, 6.45) is 3.71. The molecule has 2 aromatic heterocycles. The first-order valence-electron chi connectivity index (χ1n) is 9.37. The summed E-state index contributed by atoms with van der Waals surface area (Å²) in [4.78, 5) is 27.0. The summed E-state index contributed by atoms with van der Waals surface area (Å²) in [5.41, 5.74) is 8.29. The highest BCUT2D eigenvalue weighted by Crippen LogP contribution is 2.15. The molecule has 0 spiro atoms.